The highest BCUT2D eigenvalue weighted by molar-refractivity contribution is 9.10. The number of Topliss-reactive ketones (excluding diaryl/α,β-unsaturated/α-hetero) is 1. The Kier molecular flexibility index (Phi) is 5.17. The Hall–Kier alpha value is -0.380. The standard InChI is InChI=1S/C13H16BrClO2/c1-4-13(2,17-3)12(16)7-9-5-6-10(14)8-11(9)15/h5-6,8H,4,7H2,1-3H3. The lowest BCUT2D eigenvalue weighted by atomic mass is 9.92. The zero-order valence-corrected chi connectivity index (χ0v) is 12.6. The first-order valence-corrected chi connectivity index (χ1v) is 6.62. The van der Waals surface area contributed by atoms with E-state index < -0.39 is 5.60 Å². The molecule has 0 radical (unpaired) electrons. The Morgan fingerprint density at radius 3 is 2.65 bits per heavy atom. The van der Waals surface area contributed by atoms with Gasteiger partial charge in [-0.25, -0.2) is 0 Å². The maximum atomic E-state index is 12.1. The van der Waals surface area contributed by atoms with Gasteiger partial charge in [-0.2, -0.15) is 0 Å². The molecule has 0 heterocycles. The first kappa shape index (κ1) is 14.7. The zero-order valence-electron chi connectivity index (χ0n) is 10.2. The highest BCUT2D eigenvalue weighted by atomic mass is 79.9. The molecule has 0 spiro atoms. The molecule has 94 valence electrons. The van der Waals surface area contributed by atoms with Crippen LogP contribution in [0, 0.1) is 0 Å². The Morgan fingerprint density at radius 1 is 1.53 bits per heavy atom. The molecule has 1 aromatic rings. The molecule has 0 aliphatic carbocycles. The summed E-state index contributed by atoms with van der Waals surface area (Å²) in [4.78, 5) is 12.1. The number of ether oxygens (including phenoxy) is 1. The van der Waals surface area contributed by atoms with Gasteiger partial charge in [0.05, 0.1) is 0 Å². The highest BCUT2D eigenvalue weighted by Gasteiger charge is 2.30. The predicted octanol–water partition coefficient (Wildman–Crippen LogP) is 4.03. The molecule has 0 aliphatic rings. The summed E-state index contributed by atoms with van der Waals surface area (Å²) in [6.45, 7) is 3.74. The van der Waals surface area contributed by atoms with Crippen molar-refractivity contribution in [1.82, 2.24) is 0 Å². The second-order valence-electron chi connectivity index (χ2n) is 4.12. The van der Waals surface area contributed by atoms with Crippen LogP contribution in [-0.4, -0.2) is 18.5 Å². The van der Waals surface area contributed by atoms with Crippen LogP contribution in [0.4, 0.5) is 0 Å². The SMILES string of the molecule is CCC(C)(OC)C(=O)Cc1ccc(Br)cc1Cl. The molecule has 1 unspecified atom stereocenters. The molecule has 0 fully saturated rings. The number of methoxy groups -OCH3 is 1. The van der Waals surface area contributed by atoms with Crippen LogP contribution in [0.25, 0.3) is 0 Å². The molecular weight excluding hydrogens is 303 g/mol. The maximum Gasteiger partial charge on any atom is 0.168 e. The van der Waals surface area contributed by atoms with Crippen LogP contribution >= 0.6 is 27.5 Å². The van der Waals surface area contributed by atoms with Gasteiger partial charge < -0.3 is 4.74 Å². The van der Waals surface area contributed by atoms with Crippen molar-refractivity contribution in [2.75, 3.05) is 7.11 Å². The molecule has 0 aromatic heterocycles. The van der Waals surface area contributed by atoms with Crippen molar-refractivity contribution >= 4 is 33.3 Å². The molecule has 0 saturated carbocycles. The third-order valence-electron chi connectivity index (χ3n) is 3.08. The van der Waals surface area contributed by atoms with Gasteiger partial charge in [0.1, 0.15) is 5.60 Å². The van der Waals surface area contributed by atoms with E-state index >= 15 is 0 Å². The van der Waals surface area contributed by atoms with Gasteiger partial charge in [-0.1, -0.05) is 40.5 Å². The zero-order chi connectivity index (χ0) is 13.1. The monoisotopic (exact) mass is 318 g/mol. The van der Waals surface area contributed by atoms with Crippen molar-refractivity contribution in [3.8, 4) is 0 Å². The lowest BCUT2D eigenvalue weighted by Gasteiger charge is -2.25. The van der Waals surface area contributed by atoms with Gasteiger partial charge in [-0.05, 0) is 31.0 Å². The molecule has 0 bridgehead atoms. The Balaban J connectivity index is 2.88. The van der Waals surface area contributed by atoms with E-state index in [1.165, 1.54) is 0 Å². The second kappa shape index (κ2) is 5.98. The summed E-state index contributed by atoms with van der Waals surface area (Å²) in [6.07, 6.45) is 0.945. The van der Waals surface area contributed by atoms with E-state index in [4.69, 9.17) is 16.3 Å². The molecule has 2 nitrogen and oxygen atoms in total. The van der Waals surface area contributed by atoms with Crippen molar-refractivity contribution < 1.29 is 9.53 Å². The molecular formula is C13H16BrClO2. The smallest absolute Gasteiger partial charge is 0.168 e. The van der Waals surface area contributed by atoms with Crippen molar-refractivity contribution in [2.45, 2.75) is 32.3 Å². The predicted molar refractivity (Wildman–Crippen MR) is 73.6 cm³/mol. The molecule has 1 atom stereocenters. The minimum atomic E-state index is -0.726. The molecule has 0 aliphatic heterocycles. The lowest BCUT2D eigenvalue weighted by Crippen LogP contribution is -2.37. The van der Waals surface area contributed by atoms with Gasteiger partial charge >= 0.3 is 0 Å². The fraction of sp³-hybridized carbons (Fsp3) is 0.462. The normalized spacial score (nSPS) is 14.4. The number of benzene rings is 1. The van der Waals surface area contributed by atoms with Crippen molar-refractivity contribution in [3.05, 3.63) is 33.3 Å². The fourth-order valence-electron chi connectivity index (χ4n) is 1.48. The lowest BCUT2D eigenvalue weighted by molar-refractivity contribution is -0.138. The maximum absolute atomic E-state index is 12.1. The minimum absolute atomic E-state index is 0.0479. The van der Waals surface area contributed by atoms with Gasteiger partial charge in [0.25, 0.3) is 0 Å². The average molecular weight is 320 g/mol. The third kappa shape index (κ3) is 3.54. The van der Waals surface area contributed by atoms with Gasteiger partial charge in [-0.3, -0.25) is 4.79 Å². The molecule has 0 amide bonds. The number of ketones is 1. The van der Waals surface area contributed by atoms with Gasteiger partial charge in [0.2, 0.25) is 0 Å². The van der Waals surface area contributed by atoms with E-state index in [0.717, 1.165) is 10.0 Å². The van der Waals surface area contributed by atoms with Crippen molar-refractivity contribution in [1.29, 1.82) is 0 Å². The van der Waals surface area contributed by atoms with Crippen LogP contribution in [0.2, 0.25) is 5.02 Å². The van der Waals surface area contributed by atoms with Crippen LogP contribution in [-0.2, 0) is 16.0 Å². The summed E-state index contributed by atoms with van der Waals surface area (Å²) in [5.41, 5.74) is 0.104. The topological polar surface area (TPSA) is 26.3 Å². The van der Waals surface area contributed by atoms with Gasteiger partial charge in [0.15, 0.2) is 5.78 Å². The molecule has 0 saturated heterocycles. The Bertz CT molecular complexity index is 414. The summed E-state index contributed by atoms with van der Waals surface area (Å²) in [5, 5.41) is 0.599. The summed E-state index contributed by atoms with van der Waals surface area (Å²) < 4.78 is 6.19. The second-order valence-corrected chi connectivity index (χ2v) is 5.45. The summed E-state index contributed by atoms with van der Waals surface area (Å²) in [5.74, 6) is 0.0479. The number of hydrogen-bond acceptors (Lipinski definition) is 2. The average Bonchev–Trinajstić information content (AvgIpc) is 2.31. The Morgan fingerprint density at radius 2 is 2.18 bits per heavy atom. The van der Waals surface area contributed by atoms with E-state index in [1.54, 1.807) is 13.2 Å². The number of carbonyl (C=O) groups excluding carboxylic acids is 1. The largest absolute Gasteiger partial charge is 0.371 e. The van der Waals surface area contributed by atoms with Crippen LogP contribution in [0.1, 0.15) is 25.8 Å². The van der Waals surface area contributed by atoms with E-state index in [9.17, 15) is 4.79 Å². The number of carbonyl (C=O) groups is 1. The first-order chi connectivity index (χ1) is 7.92. The summed E-state index contributed by atoms with van der Waals surface area (Å²) in [7, 11) is 1.56. The molecule has 1 rings (SSSR count). The third-order valence-corrected chi connectivity index (χ3v) is 3.93. The summed E-state index contributed by atoms with van der Waals surface area (Å²) >= 11 is 9.42. The first-order valence-electron chi connectivity index (χ1n) is 5.45. The number of halogens is 2. The fourth-order valence-corrected chi connectivity index (χ4v) is 2.22. The van der Waals surface area contributed by atoms with Crippen LogP contribution in [0.15, 0.2) is 22.7 Å². The quantitative estimate of drug-likeness (QED) is 0.819. The van der Waals surface area contributed by atoms with Gasteiger partial charge in [-0.15, -0.1) is 0 Å². The van der Waals surface area contributed by atoms with E-state index in [2.05, 4.69) is 15.9 Å². The summed E-state index contributed by atoms with van der Waals surface area (Å²) in [6, 6.07) is 5.53. The Labute approximate surface area is 115 Å². The van der Waals surface area contributed by atoms with Crippen LogP contribution in [0.5, 0.6) is 0 Å². The van der Waals surface area contributed by atoms with E-state index in [1.807, 2.05) is 26.0 Å². The number of hydrogen-bond donors (Lipinski definition) is 0. The van der Waals surface area contributed by atoms with Crippen molar-refractivity contribution in [2.24, 2.45) is 0 Å². The van der Waals surface area contributed by atoms with Gasteiger partial charge in [0, 0.05) is 23.0 Å². The van der Waals surface area contributed by atoms with E-state index in [0.29, 0.717) is 17.9 Å². The number of rotatable bonds is 5. The van der Waals surface area contributed by atoms with E-state index in [-0.39, 0.29) is 5.78 Å². The molecule has 4 heteroatoms. The molecule has 17 heavy (non-hydrogen) atoms. The van der Waals surface area contributed by atoms with Crippen LogP contribution < -0.4 is 0 Å². The molecule has 1 aromatic carbocycles. The minimum Gasteiger partial charge on any atom is -0.371 e. The van der Waals surface area contributed by atoms with Crippen LogP contribution in [0.3, 0.4) is 0 Å². The van der Waals surface area contributed by atoms with Crippen molar-refractivity contribution in [3.63, 3.8) is 0 Å². The highest BCUT2D eigenvalue weighted by Crippen LogP contribution is 2.24. The molecule has 0 N–H and O–H groups in total.